The maximum atomic E-state index is 9.95. The first-order chi connectivity index (χ1) is 10.4. The summed E-state index contributed by atoms with van der Waals surface area (Å²) < 4.78 is 4.67. The van der Waals surface area contributed by atoms with Gasteiger partial charge in [0.15, 0.2) is 0 Å². The highest BCUT2D eigenvalue weighted by Crippen LogP contribution is 2.12. The third-order valence-electron chi connectivity index (χ3n) is 3.89. The van der Waals surface area contributed by atoms with Gasteiger partial charge in [0.2, 0.25) is 0 Å². The van der Waals surface area contributed by atoms with E-state index in [9.17, 15) is 4.79 Å². The number of ether oxygens (including phenoxy) is 1. The zero-order chi connectivity index (χ0) is 15.0. The van der Waals surface area contributed by atoms with Crippen LogP contribution in [-0.4, -0.2) is 13.1 Å². The van der Waals surface area contributed by atoms with Crippen molar-refractivity contribution >= 4 is 6.47 Å². The topological polar surface area (TPSA) is 26.3 Å². The summed E-state index contributed by atoms with van der Waals surface area (Å²) in [7, 11) is 0. The molecule has 1 aromatic carbocycles. The van der Waals surface area contributed by atoms with Gasteiger partial charge < -0.3 is 4.74 Å². The molecule has 118 valence electrons. The molecule has 2 nitrogen and oxygen atoms in total. The van der Waals surface area contributed by atoms with Crippen LogP contribution in [0.4, 0.5) is 0 Å². The summed E-state index contributed by atoms with van der Waals surface area (Å²) in [4.78, 5) is 9.95. The number of carbonyl (C=O) groups excluding carboxylic acids is 1. The molecule has 2 heteroatoms. The number of carbonyl (C=O) groups is 1. The van der Waals surface area contributed by atoms with Crippen LogP contribution in [0.25, 0.3) is 0 Å². The minimum Gasteiger partial charge on any atom is -0.468 e. The second kappa shape index (κ2) is 13.7. The van der Waals surface area contributed by atoms with Crippen LogP contribution in [0.3, 0.4) is 0 Å². The van der Waals surface area contributed by atoms with Crippen molar-refractivity contribution in [2.75, 3.05) is 6.61 Å². The standard InChI is InChI=1S/C19H30O2/c20-18-21-17-13-8-6-4-2-1-3-5-7-10-14-19-15-11-9-12-16-19/h9,11-12,15-16,18H,1-8,10,13-14,17H2. The van der Waals surface area contributed by atoms with Crippen molar-refractivity contribution in [3.05, 3.63) is 35.9 Å². The molecule has 0 N–H and O–H groups in total. The van der Waals surface area contributed by atoms with Gasteiger partial charge in [-0.15, -0.1) is 0 Å². The number of unbranched alkanes of at least 4 members (excludes halogenated alkanes) is 9. The van der Waals surface area contributed by atoms with E-state index in [1.807, 2.05) is 0 Å². The normalized spacial score (nSPS) is 10.5. The van der Waals surface area contributed by atoms with E-state index in [0.29, 0.717) is 13.1 Å². The maximum Gasteiger partial charge on any atom is 0.293 e. The Morgan fingerprint density at radius 1 is 0.714 bits per heavy atom. The van der Waals surface area contributed by atoms with Gasteiger partial charge >= 0.3 is 0 Å². The van der Waals surface area contributed by atoms with Crippen molar-refractivity contribution < 1.29 is 9.53 Å². The Bertz CT molecular complexity index is 335. The van der Waals surface area contributed by atoms with Gasteiger partial charge in [0.05, 0.1) is 6.61 Å². The third kappa shape index (κ3) is 11.1. The molecule has 0 saturated carbocycles. The molecule has 1 rings (SSSR count). The molecule has 21 heavy (non-hydrogen) atoms. The first-order valence-electron chi connectivity index (χ1n) is 8.52. The minimum absolute atomic E-state index is 0.539. The molecule has 0 saturated heterocycles. The molecule has 0 spiro atoms. The average Bonchev–Trinajstić information content (AvgIpc) is 2.53. The lowest BCUT2D eigenvalue weighted by atomic mass is 10.0. The number of hydrogen-bond donors (Lipinski definition) is 0. The zero-order valence-electron chi connectivity index (χ0n) is 13.3. The Kier molecular flexibility index (Phi) is 11.5. The SMILES string of the molecule is O=COCCCCCCCCCCCCc1ccccc1. The molecule has 0 aliphatic rings. The van der Waals surface area contributed by atoms with Gasteiger partial charge in [-0.2, -0.15) is 0 Å². The van der Waals surface area contributed by atoms with Crippen LogP contribution in [0.1, 0.15) is 69.8 Å². The zero-order valence-corrected chi connectivity index (χ0v) is 13.3. The Hall–Kier alpha value is -1.31. The summed E-state index contributed by atoms with van der Waals surface area (Å²) >= 11 is 0. The monoisotopic (exact) mass is 290 g/mol. The number of aryl methyl sites for hydroxylation is 1. The number of rotatable bonds is 14. The highest BCUT2D eigenvalue weighted by molar-refractivity contribution is 5.36. The Morgan fingerprint density at radius 3 is 1.81 bits per heavy atom. The molecule has 0 fully saturated rings. The molecule has 0 unspecified atom stereocenters. The first kappa shape index (κ1) is 17.7. The lowest BCUT2D eigenvalue weighted by molar-refractivity contribution is -0.128. The van der Waals surface area contributed by atoms with Crippen LogP contribution >= 0.6 is 0 Å². The van der Waals surface area contributed by atoms with Crippen LogP contribution in [0.2, 0.25) is 0 Å². The Morgan fingerprint density at radius 2 is 1.24 bits per heavy atom. The van der Waals surface area contributed by atoms with Gasteiger partial charge in [0.1, 0.15) is 0 Å². The molecular weight excluding hydrogens is 260 g/mol. The summed E-state index contributed by atoms with van der Waals surface area (Å²) in [6.07, 6.45) is 14.2. The van der Waals surface area contributed by atoms with E-state index >= 15 is 0 Å². The van der Waals surface area contributed by atoms with Crippen molar-refractivity contribution in [3.63, 3.8) is 0 Å². The van der Waals surface area contributed by atoms with E-state index in [2.05, 4.69) is 35.1 Å². The Balaban J connectivity index is 1.76. The predicted octanol–water partition coefficient (Wildman–Crippen LogP) is 5.30. The largest absolute Gasteiger partial charge is 0.468 e. The molecule has 0 amide bonds. The van der Waals surface area contributed by atoms with Crippen molar-refractivity contribution in [1.82, 2.24) is 0 Å². The third-order valence-corrected chi connectivity index (χ3v) is 3.89. The molecule has 0 heterocycles. The van der Waals surface area contributed by atoms with Crippen molar-refractivity contribution in [1.29, 1.82) is 0 Å². The minimum atomic E-state index is 0.539. The molecule has 0 atom stereocenters. The second-order valence-electron chi connectivity index (χ2n) is 5.74. The molecule has 0 bridgehead atoms. The van der Waals surface area contributed by atoms with Crippen LogP contribution in [0.5, 0.6) is 0 Å². The fraction of sp³-hybridized carbons (Fsp3) is 0.632. The van der Waals surface area contributed by atoms with Gasteiger partial charge in [-0.25, -0.2) is 0 Å². The van der Waals surface area contributed by atoms with Crippen LogP contribution in [0.15, 0.2) is 30.3 Å². The van der Waals surface area contributed by atoms with Crippen LogP contribution < -0.4 is 0 Å². The smallest absolute Gasteiger partial charge is 0.293 e. The summed E-state index contributed by atoms with van der Waals surface area (Å²) in [5.74, 6) is 0. The highest BCUT2D eigenvalue weighted by atomic mass is 16.5. The summed E-state index contributed by atoms with van der Waals surface area (Å²) in [5, 5.41) is 0. The fourth-order valence-corrected chi connectivity index (χ4v) is 2.62. The fourth-order valence-electron chi connectivity index (χ4n) is 2.62. The average molecular weight is 290 g/mol. The van der Waals surface area contributed by atoms with E-state index in [0.717, 1.165) is 6.42 Å². The van der Waals surface area contributed by atoms with Crippen molar-refractivity contribution in [2.45, 2.75) is 70.6 Å². The molecule has 0 aliphatic heterocycles. The van der Waals surface area contributed by atoms with Gasteiger partial charge in [0.25, 0.3) is 6.47 Å². The first-order valence-corrected chi connectivity index (χ1v) is 8.52. The van der Waals surface area contributed by atoms with Gasteiger partial charge in [0, 0.05) is 0 Å². The highest BCUT2D eigenvalue weighted by Gasteiger charge is 1.95. The van der Waals surface area contributed by atoms with Crippen molar-refractivity contribution in [3.8, 4) is 0 Å². The van der Waals surface area contributed by atoms with Crippen molar-refractivity contribution in [2.24, 2.45) is 0 Å². The number of benzene rings is 1. The van der Waals surface area contributed by atoms with Gasteiger partial charge in [-0.3, -0.25) is 4.79 Å². The number of hydrogen-bond acceptors (Lipinski definition) is 2. The molecule has 0 radical (unpaired) electrons. The second-order valence-corrected chi connectivity index (χ2v) is 5.74. The molecule has 1 aromatic rings. The van der Waals surface area contributed by atoms with Gasteiger partial charge in [-0.05, 0) is 24.8 Å². The lowest BCUT2D eigenvalue weighted by Crippen LogP contribution is -1.91. The van der Waals surface area contributed by atoms with Gasteiger partial charge in [-0.1, -0.05) is 81.7 Å². The predicted molar refractivity (Wildman–Crippen MR) is 88.3 cm³/mol. The molecule has 0 aliphatic carbocycles. The summed E-state index contributed by atoms with van der Waals surface area (Å²) in [5.41, 5.74) is 1.47. The summed E-state index contributed by atoms with van der Waals surface area (Å²) in [6.45, 7) is 1.13. The molecular formula is C19H30O2. The maximum absolute atomic E-state index is 9.95. The Labute approximate surface area is 129 Å². The van der Waals surface area contributed by atoms with Crippen LogP contribution in [0, 0.1) is 0 Å². The van der Waals surface area contributed by atoms with E-state index in [1.165, 1.54) is 69.8 Å². The van der Waals surface area contributed by atoms with E-state index < -0.39 is 0 Å². The van der Waals surface area contributed by atoms with Crippen LogP contribution in [-0.2, 0) is 16.0 Å². The van der Waals surface area contributed by atoms with E-state index in [4.69, 9.17) is 0 Å². The lowest BCUT2D eigenvalue weighted by Gasteiger charge is -2.03. The molecule has 0 aromatic heterocycles. The van der Waals surface area contributed by atoms with E-state index in [-0.39, 0.29) is 0 Å². The van der Waals surface area contributed by atoms with E-state index in [1.54, 1.807) is 0 Å². The quantitative estimate of drug-likeness (QED) is 0.343. The summed E-state index contributed by atoms with van der Waals surface area (Å²) in [6, 6.07) is 10.8.